The van der Waals surface area contributed by atoms with E-state index < -0.39 is 30.2 Å². The number of piperazine rings is 1. The van der Waals surface area contributed by atoms with Gasteiger partial charge in [-0.3, -0.25) is 4.79 Å². The first-order valence-corrected chi connectivity index (χ1v) is 11.5. The van der Waals surface area contributed by atoms with Crippen molar-refractivity contribution in [1.82, 2.24) is 19.9 Å². The number of hydrogen-bond acceptors (Lipinski definition) is 8. The number of amides is 1. The van der Waals surface area contributed by atoms with Crippen LogP contribution in [0.1, 0.15) is 29.9 Å². The van der Waals surface area contributed by atoms with Crippen molar-refractivity contribution in [1.29, 1.82) is 0 Å². The lowest BCUT2D eigenvalue weighted by atomic mass is 10.0. The highest BCUT2D eigenvalue weighted by molar-refractivity contribution is 5.90. The van der Waals surface area contributed by atoms with Crippen LogP contribution in [-0.4, -0.2) is 70.8 Å². The zero-order valence-electron chi connectivity index (χ0n) is 20.4. The maximum atomic E-state index is 14.8. The van der Waals surface area contributed by atoms with E-state index in [0.29, 0.717) is 60.7 Å². The first-order chi connectivity index (χ1) is 17.5. The minimum atomic E-state index is -4.82. The Morgan fingerprint density at radius 2 is 1.89 bits per heavy atom. The summed E-state index contributed by atoms with van der Waals surface area (Å²) in [4.78, 5) is 28.6. The van der Waals surface area contributed by atoms with Crippen molar-refractivity contribution in [3.05, 3.63) is 47.0 Å². The van der Waals surface area contributed by atoms with Gasteiger partial charge in [-0.15, -0.1) is 0 Å². The van der Waals surface area contributed by atoms with Crippen molar-refractivity contribution in [3.63, 3.8) is 0 Å². The number of methoxy groups -OCH3 is 1. The first kappa shape index (κ1) is 26.3. The number of alkyl halides is 3. The standard InChI is InChI=1S/C24H26F4N6O3/c1-13(15-5-4-6-17(20(15)25)24(26,27)28)29-21-16-11-18(23(37-3)32-22(16)31-14(2)30-21)33-7-9-34(10-8-33)19(36)12-35/h4-6,11,13,35H,7-10,12H2,1-3H3,(H,29,30,31,32)/t13-/m1/s1. The highest BCUT2D eigenvalue weighted by Crippen LogP contribution is 2.36. The number of nitrogens with one attached hydrogen (secondary N) is 1. The van der Waals surface area contributed by atoms with Gasteiger partial charge in [0.05, 0.1) is 24.1 Å². The van der Waals surface area contributed by atoms with Crippen LogP contribution >= 0.6 is 0 Å². The number of carbonyl (C=O) groups is 1. The fraction of sp³-hybridized carbons (Fsp3) is 0.417. The molecule has 1 atom stereocenters. The van der Waals surface area contributed by atoms with E-state index in [2.05, 4.69) is 20.3 Å². The average molecular weight is 523 g/mol. The van der Waals surface area contributed by atoms with Gasteiger partial charge in [0.25, 0.3) is 0 Å². The number of aromatic nitrogens is 3. The van der Waals surface area contributed by atoms with Crippen molar-refractivity contribution in [3.8, 4) is 5.88 Å². The molecule has 13 heteroatoms. The molecule has 0 saturated carbocycles. The van der Waals surface area contributed by atoms with Crippen molar-refractivity contribution in [2.24, 2.45) is 0 Å². The van der Waals surface area contributed by atoms with Gasteiger partial charge in [-0.05, 0) is 26.0 Å². The minimum Gasteiger partial charge on any atom is -0.479 e. The zero-order chi connectivity index (χ0) is 26.9. The van der Waals surface area contributed by atoms with Crippen LogP contribution in [0.3, 0.4) is 0 Å². The summed E-state index contributed by atoms with van der Waals surface area (Å²) in [5.74, 6) is -0.770. The molecule has 1 aromatic carbocycles. The SMILES string of the molecule is COc1nc2nc(C)nc(N[C@H](C)c3cccc(C(F)(F)F)c3F)c2cc1N1CCN(C(=O)CO)CC1. The summed E-state index contributed by atoms with van der Waals surface area (Å²) in [6, 6.07) is 4.04. The third-order valence-electron chi connectivity index (χ3n) is 6.20. The molecule has 3 heterocycles. The molecule has 0 radical (unpaired) electrons. The van der Waals surface area contributed by atoms with E-state index in [1.165, 1.54) is 20.1 Å². The van der Waals surface area contributed by atoms with Gasteiger partial charge in [0.2, 0.25) is 11.8 Å². The molecule has 3 aromatic rings. The number of aryl methyl sites for hydroxylation is 1. The Balaban J connectivity index is 1.70. The third kappa shape index (κ3) is 5.36. The number of fused-ring (bicyclic) bond motifs is 1. The highest BCUT2D eigenvalue weighted by atomic mass is 19.4. The molecule has 9 nitrogen and oxygen atoms in total. The molecule has 1 fully saturated rings. The average Bonchev–Trinajstić information content (AvgIpc) is 2.86. The molecule has 1 aliphatic rings. The van der Waals surface area contributed by atoms with Crippen molar-refractivity contribution < 1.29 is 32.2 Å². The molecular weight excluding hydrogens is 496 g/mol. The predicted octanol–water partition coefficient (Wildman–Crippen LogP) is 3.31. The molecule has 2 aromatic heterocycles. The van der Waals surface area contributed by atoms with Crippen LogP contribution in [0.2, 0.25) is 0 Å². The maximum absolute atomic E-state index is 14.8. The Labute approximate surface area is 210 Å². The van der Waals surface area contributed by atoms with E-state index in [9.17, 15) is 22.4 Å². The van der Waals surface area contributed by atoms with Crippen LogP contribution in [0.4, 0.5) is 29.1 Å². The number of hydrogen-bond donors (Lipinski definition) is 2. The second-order valence-corrected chi connectivity index (χ2v) is 8.61. The van der Waals surface area contributed by atoms with Gasteiger partial charge in [0.1, 0.15) is 29.8 Å². The zero-order valence-corrected chi connectivity index (χ0v) is 20.4. The Bertz CT molecular complexity index is 1310. The van der Waals surface area contributed by atoms with Gasteiger partial charge in [-0.25, -0.2) is 14.4 Å². The monoisotopic (exact) mass is 522 g/mol. The summed E-state index contributed by atoms with van der Waals surface area (Å²) < 4.78 is 59.9. The van der Waals surface area contributed by atoms with Gasteiger partial charge in [-0.1, -0.05) is 12.1 Å². The number of aliphatic hydroxyl groups excluding tert-OH is 1. The number of nitrogens with zero attached hydrogens (tertiary/aromatic N) is 5. The maximum Gasteiger partial charge on any atom is 0.419 e. The van der Waals surface area contributed by atoms with E-state index in [0.717, 1.165) is 6.07 Å². The van der Waals surface area contributed by atoms with Crippen LogP contribution < -0.4 is 15.0 Å². The van der Waals surface area contributed by atoms with E-state index in [1.807, 2.05) is 4.90 Å². The van der Waals surface area contributed by atoms with Gasteiger partial charge < -0.3 is 25.0 Å². The second kappa shape index (κ2) is 10.3. The molecule has 1 aliphatic heterocycles. The van der Waals surface area contributed by atoms with Crippen LogP contribution in [0.5, 0.6) is 5.88 Å². The molecule has 0 bridgehead atoms. The molecule has 0 unspecified atom stereocenters. The van der Waals surface area contributed by atoms with Gasteiger partial charge >= 0.3 is 6.18 Å². The lowest BCUT2D eigenvalue weighted by Crippen LogP contribution is -2.49. The molecule has 0 spiro atoms. The molecule has 37 heavy (non-hydrogen) atoms. The smallest absolute Gasteiger partial charge is 0.419 e. The van der Waals surface area contributed by atoms with Gasteiger partial charge in [0, 0.05) is 31.7 Å². The summed E-state index contributed by atoms with van der Waals surface area (Å²) in [5, 5.41) is 12.6. The van der Waals surface area contributed by atoms with E-state index in [4.69, 9.17) is 9.84 Å². The van der Waals surface area contributed by atoms with Crippen molar-refractivity contribution >= 4 is 28.4 Å². The van der Waals surface area contributed by atoms with Gasteiger partial charge in [0.15, 0.2) is 5.65 Å². The summed E-state index contributed by atoms with van der Waals surface area (Å²) in [7, 11) is 1.47. The quantitative estimate of drug-likeness (QED) is 0.476. The number of aliphatic hydroxyl groups is 1. The molecule has 198 valence electrons. The lowest BCUT2D eigenvalue weighted by Gasteiger charge is -2.36. The van der Waals surface area contributed by atoms with E-state index in [-0.39, 0.29) is 17.3 Å². The Hall–Kier alpha value is -3.74. The number of ether oxygens (including phenoxy) is 1. The number of rotatable bonds is 6. The predicted molar refractivity (Wildman–Crippen MR) is 128 cm³/mol. The normalized spacial score (nSPS) is 15.1. The number of carbonyl (C=O) groups excluding carboxylic acids is 1. The van der Waals surface area contributed by atoms with E-state index in [1.54, 1.807) is 17.9 Å². The van der Waals surface area contributed by atoms with Crippen molar-refractivity contribution in [2.75, 3.05) is 50.1 Å². The number of pyridine rings is 1. The fourth-order valence-corrected chi connectivity index (χ4v) is 4.31. The topological polar surface area (TPSA) is 104 Å². The summed E-state index contributed by atoms with van der Waals surface area (Å²) in [5.41, 5.74) is -0.596. The Kier molecular flexibility index (Phi) is 7.35. The van der Waals surface area contributed by atoms with Crippen LogP contribution in [-0.2, 0) is 11.0 Å². The lowest BCUT2D eigenvalue weighted by molar-refractivity contribution is -0.140. The van der Waals surface area contributed by atoms with Crippen molar-refractivity contribution in [2.45, 2.75) is 26.1 Å². The Morgan fingerprint density at radius 1 is 1.19 bits per heavy atom. The first-order valence-electron chi connectivity index (χ1n) is 11.5. The number of anilines is 2. The van der Waals surface area contributed by atoms with Gasteiger partial charge in [-0.2, -0.15) is 18.2 Å². The third-order valence-corrected chi connectivity index (χ3v) is 6.20. The fourth-order valence-electron chi connectivity index (χ4n) is 4.31. The minimum absolute atomic E-state index is 0.161. The largest absolute Gasteiger partial charge is 0.479 e. The van der Waals surface area contributed by atoms with Crippen LogP contribution in [0, 0.1) is 12.7 Å². The Morgan fingerprint density at radius 3 is 2.51 bits per heavy atom. The van der Waals surface area contributed by atoms with Crippen LogP contribution in [0.15, 0.2) is 24.3 Å². The van der Waals surface area contributed by atoms with E-state index >= 15 is 0 Å². The summed E-state index contributed by atoms with van der Waals surface area (Å²) >= 11 is 0. The molecular formula is C24H26F4N6O3. The summed E-state index contributed by atoms with van der Waals surface area (Å²) in [6.07, 6.45) is -4.82. The highest BCUT2D eigenvalue weighted by Gasteiger charge is 2.35. The summed E-state index contributed by atoms with van der Waals surface area (Å²) in [6.45, 7) is 4.31. The molecule has 1 amide bonds. The molecule has 0 aliphatic carbocycles. The second-order valence-electron chi connectivity index (χ2n) is 8.61. The number of halogens is 4. The number of benzene rings is 1. The van der Waals surface area contributed by atoms with Crippen LogP contribution in [0.25, 0.3) is 11.0 Å². The molecule has 1 saturated heterocycles. The molecule has 2 N–H and O–H groups in total. The molecule has 4 rings (SSSR count).